The summed E-state index contributed by atoms with van der Waals surface area (Å²) < 4.78 is 43.9. The smallest absolute Gasteiger partial charge is 0.416 e. The number of carbonyl (C=O) groups excluding carboxylic acids is 1. The number of anilines is 1. The van der Waals surface area contributed by atoms with Gasteiger partial charge in [0.25, 0.3) is 0 Å². The summed E-state index contributed by atoms with van der Waals surface area (Å²) in [6, 6.07) is 5.30. The van der Waals surface area contributed by atoms with Crippen LogP contribution in [0, 0.1) is 5.92 Å². The highest BCUT2D eigenvalue weighted by atomic mass is 19.4. The number of carbonyl (C=O) groups is 1. The first-order chi connectivity index (χ1) is 13.9. The molecule has 154 valence electrons. The van der Waals surface area contributed by atoms with E-state index in [1.165, 1.54) is 19.4 Å². The van der Waals surface area contributed by atoms with Gasteiger partial charge in [-0.2, -0.15) is 18.2 Å². The van der Waals surface area contributed by atoms with Crippen LogP contribution < -0.4 is 9.64 Å². The van der Waals surface area contributed by atoms with Gasteiger partial charge in [0, 0.05) is 32.1 Å². The molecule has 1 aliphatic heterocycles. The van der Waals surface area contributed by atoms with E-state index in [0.717, 1.165) is 12.1 Å². The minimum absolute atomic E-state index is 0.0174. The van der Waals surface area contributed by atoms with Gasteiger partial charge in [-0.15, -0.1) is 0 Å². The highest BCUT2D eigenvalue weighted by Crippen LogP contribution is 2.49. The molecule has 2 atom stereocenters. The molecule has 1 saturated heterocycles. The van der Waals surface area contributed by atoms with Gasteiger partial charge in [-0.3, -0.25) is 9.78 Å². The van der Waals surface area contributed by atoms with Crippen LogP contribution in [0.25, 0.3) is 0 Å². The number of benzene rings is 1. The van der Waals surface area contributed by atoms with E-state index in [1.54, 1.807) is 17.2 Å². The van der Waals surface area contributed by atoms with Crippen molar-refractivity contribution < 1.29 is 22.7 Å². The van der Waals surface area contributed by atoms with Crippen molar-refractivity contribution in [1.82, 2.24) is 14.9 Å². The summed E-state index contributed by atoms with van der Waals surface area (Å²) in [7, 11) is 1.53. The normalized spacial score (nSPS) is 21.8. The Kier molecular flexibility index (Phi) is 5.06. The van der Waals surface area contributed by atoms with Crippen molar-refractivity contribution >= 4 is 11.7 Å². The molecule has 2 aromatic rings. The van der Waals surface area contributed by atoms with Gasteiger partial charge in [0.05, 0.1) is 25.1 Å². The van der Waals surface area contributed by atoms with Gasteiger partial charge in [-0.25, -0.2) is 0 Å². The predicted molar refractivity (Wildman–Crippen MR) is 99.7 cm³/mol. The lowest BCUT2D eigenvalue weighted by Gasteiger charge is -2.35. The van der Waals surface area contributed by atoms with Crippen molar-refractivity contribution in [1.29, 1.82) is 0 Å². The fourth-order valence-electron chi connectivity index (χ4n) is 3.76. The quantitative estimate of drug-likeness (QED) is 0.782. The average Bonchev–Trinajstić information content (AvgIpc) is 3.54. The Morgan fingerprint density at radius 1 is 1.17 bits per heavy atom. The molecule has 1 aliphatic carbocycles. The van der Waals surface area contributed by atoms with E-state index in [1.807, 2.05) is 4.90 Å². The molecule has 29 heavy (non-hydrogen) atoms. The lowest BCUT2D eigenvalue weighted by molar-refractivity contribution is -0.137. The zero-order valence-electron chi connectivity index (χ0n) is 15.9. The number of piperazine rings is 1. The van der Waals surface area contributed by atoms with Crippen LogP contribution in [0.1, 0.15) is 23.5 Å². The van der Waals surface area contributed by atoms with Gasteiger partial charge in [0.15, 0.2) is 5.82 Å². The molecule has 2 heterocycles. The van der Waals surface area contributed by atoms with Gasteiger partial charge < -0.3 is 14.5 Å². The van der Waals surface area contributed by atoms with E-state index < -0.39 is 11.7 Å². The number of hydrogen-bond donors (Lipinski definition) is 0. The summed E-state index contributed by atoms with van der Waals surface area (Å²) in [4.78, 5) is 25.1. The summed E-state index contributed by atoms with van der Waals surface area (Å²) in [6.45, 7) is 2.33. The SMILES string of the molecule is COc1cncc(N2CCN(C(=O)C3CC3c3cccc(C(F)(F)F)c3)CC2)n1. The van der Waals surface area contributed by atoms with Crippen LogP contribution in [0.5, 0.6) is 5.88 Å². The molecule has 0 radical (unpaired) electrons. The first-order valence-corrected chi connectivity index (χ1v) is 9.44. The maximum atomic E-state index is 12.9. The molecule has 6 nitrogen and oxygen atoms in total. The topological polar surface area (TPSA) is 58.6 Å². The van der Waals surface area contributed by atoms with Crippen molar-refractivity contribution in [2.45, 2.75) is 18.5 Å². The number of hydrogen-bond acceptors (Lipinski definition) is 5. The van der Waals surface area contributed by atoms with Crippen LogP contribution in [-0.4, -0.2) is 54.1 Å². The largest absolute Gasteiger partial charge is 0.480 e. The van der Waals surface area contributed by atoms with E-state index in [4.69, 9.17) is 4.74 Å². The Morgan fingerprint density at radius 2 is 1.93 bits per heavy atom. The molecule has 1 amide bonds. The van der Waals surface area contributed by atoms with Crippen molar-refractivity contribution in [2.75, 3.05) is 38.2 Å². The summed E-state index contributed by atoms with van der Waals surface area (Å²) in [5.41, 5.74) is -0.0791. The Balaban J connectivity index is 1.35. The molecule has 2 fully saturated rings. The Hall–Kier alpha value is -2.84. The fraction of sp³-hybridized carbons (Fsp3) is 0.450. The minimum atomic E-state index is -4.37. The third kappa shape index (κ3) is 4.13. The standard InChI is InChI=1S/C20H21F3N4O2/c1-29-18-12-24-11-17(25-18)26-5-7-27(8-6-26)19(28)16-10-15(16)13-3-2-4-14(9-13)20(21,22)23/h2-4,9,11-12,15-16H,5-8,10H2,1H3. The van der Waals surface area contributed by atoms with Crippen molar-refractivity contribution in [3.63, 3.8) is 0 Å². The third-order valence-corrected chi connectivity index (χ3v) is 5.47. The van der Waals surface area contributed by atoms with Gasteiger partial charge in [0.1, 0.15) is 0 Å². The van der Waals surface area contributed by atoms with E-state index >= 15 is 0 Å². The van der Waals surface area contributed by atoms with Crippen molar-refractivity contribution in [3.8, 4) is 5.88 Å². The highest BCUT2D eigenvalue weighted by molar-refractivity contribution is 5.83. The van der Waals surface area contributed by atoms with E-state index in [2.05, 4.69) is 9.97 Å². The maximum absolute atomic E-state index is 12.9. The first-order valence-electron chi connectivity index (χ1n) is 9.44. The van der Waals surface area contributed by atoms with Gasteiger partial charge in [-0.05, 0) is 24.0 Å². The molecule has 0 spiro atoms. The number of methoxy groups -OCH3 is 1. The van der Waals surface area contributed by atoms with Gasteiger partial charge >= 0.3 is 6.18 Å². The second-order valence-electron chi connectivity index (χ2n) is 7.30. The minimum Gasteiger partial charge on any atom is -0.480 e. The fourth-order valence-corrected chi connectivity index (χ4v) is 3.76. The molecule has 1 aromatic carbocycles. The summed E-state index contributed by atoms with van der Waals surface area (Å²) in [5.74, 6) is 0.783. The number of rotatable bonds is 4. The van der Waals surface area contributed by atoms with Crippen LogP contribution in [0.3, 0.4) is 0 Å². The van der Waals surface area contributed by atoms with Crippen LogP contribution in [-0.2, 0) is 11.0 Å². The van der Waals surface area contributed by atoms with Crippen LogP contribution in [0.2, 0.25) is 0 Å². The van der Waals surface area contributed by atoms with E-state index in [-0.39, 0.29) is 17.7 Å². The predicted octanol–water partition coefficient (Wildman–Crippen LogP) is 2.96. The van der Waals surface area contributed by atoms with E-state index in [0.29, 0.717) is 49.9 Å². The first kappa shape index (κ1) is 19.5. The van der Waals surface area contributed by atoms with Crippen molar-refractivity contribution in [3.05, 3.63) is 47.8 Å². The lowest BCUT2D eigenvalue weighted by Crippen LogP contribution is -2.49. The van der Waals surface area contributed by atoms with Crippen LogP contribution in [0.15, 0.2) is 36.7 Å². The molecule has 4 rings (SSSR count). The molecule has 9 heteroatoms. The Labute approximate surface area is 166 Å². The summed E-state index contributed by atoms with van der Waals surface area (Å²) in [6.07, 6.45) is -0.583. The number of ether oxygens (including phenoxy) is 1. The summed E-state index contributed by atoms with van der Waals surface area (Å²) in [5, 5.41) is 0. The average molecular weight is 406 g/mol. The number of alkyl halides is 3. The van der Waals surface area contributed by atoms with Gasteiger partial charge in [-0.1, -0.05) is 18.2 Å². The van der Waals surface area contributed by atoms with Crippen LogP contribution in [0.4, 0.5) is 19.0 Å². The molecule has 2 aliphatic rings. The summed E-state index contributed by atoms with van der Waals surface area (Å²) >= 11 is 0. The van der Waals surface area contributed by atoms with Crippen molar-refractivity contribution in [2.24, 2.45) is 5.92 Å². The monoisotopic (exact) mass is 406 g/mol. The molecule has 1 aromatic heterocycles. The van der Waals surface area contributed by atoms with E-state index in [9.17, 15) is 18.0 Å². The maximum Gasteiger partial charge on any atom is 0.416 e. The zero-order valence-corrected chi connectivity index (χ0v) is 15.9. The van der Waals surface area contributed by atoms with Gasteiger partial charge in [0.2, 0.25) is 11.8 Å². The second kappa shape index (κ2) is 7.53. The number of amides is 1. The zero-order chi connectivity index (χ0) is 20.6. The molecule has 2 unspecified atom stereocenters. The Morgan fingerprint density at radius 3 is 2.62 bits per heavy atom. The lowest BCUT2D eigenvalue weighted by atomic mass is 10.0. The molecular weight excluding hydrogens is 385 g/mol. The molecular formula is C20H21F3N4O2. The number of nitrogens with zero attached hydrogens (tertiary/aromatic N) is 4. The van der Waals surface area contributed by atoms with Crippen LogP contribution >= 0.6 is 0 Å². The molecule has 1 saturated carbocycles. The number of aromatic nitrogens is 2. The molecule has 0 bridgehead atoms. The highest BCUT2D eigenvalue weighted by Gasteiger charge is 2.46. The molecule has 0 N–H and O–H groups in total. The Bertz CT molecular complexity index is 897. The number of halogens is 3. The third-order valence-electron chi connectivity index (χ3n) is 5.47. The second-order valence-corrected chi connectivity index (χ2v) is 7.30.